The first-order valence-electron chi connectivity index (χ1n) is 9.23. The first-order chi connectivity index (χ1) is 13.6. The molecule has 0 aliphatic rings. The van der Waals surface area contributed by atoms with E-state index in [2.05, 4.69) is 28.3 Å². The van der Waals surface area contributed by atoms with Gasteiger partial charge in [0.2, 0.25) is 0 Å². The summed E-state index contributed by atoms with van der Waals surface area (Å²) >= 11 is 0. The van der Waals surface area contributed by atoms with Crippen LogP contribution in [0.1, 0.15) is 22.8 Å². The molecule has 0 aliphatic heterocycles. The molecule has 140 valence electrons. The fourth-order valence-electron chi connectivity index (χ4n) is 3.04. The highest BCUT2D eigenvalue weighted by Crippen LogP contribution is 2.22. The van der Waals surface area contributed by atoms with E-state index in [1.165, 1.54) is 5.56 Å². The average molecular weight is 371 g/mol. The maximum Gasteiger partial charge on any atom is 0.255 e. The monoisotopic (exact) mass is 371 g/mol. The van der Waals surface area contributed by atoms with Gasteiger partial charge in [0, 0.05) is 16.8 Å². The highest BCUT2D eigenvalue weighted by Gasteiger charge is 2.09. The summed E-state index contributed by atoms with van der Waals surface area (Å²) in [6.07, 6.45) is 0. The van der Waals surface area contributed by atoms with E-state index in [-0.39, 0.29) is 5.91 Å². The topological polar surface area (TPSA) is 67.0 Å². The molecule has 0 atom stereocenters. The standard InChI is InChI=1S/C23H21N3O2/c1-3-28-19-11-9-18(10-12-19)24-23(27)17-7-5-16(6-8-17)22-25-20-13-4-15(2)14-21(20)26-22/h4-14H,3H2,1-2H3,(H,24,27)(H,25,26). The Kier molecular flexibility index (Phi) is 4.81. The van der Waals surface area contributed by atoms with Gasteiger partial charge >= 0.3 is 0 Å². The van der Waals surface area contributed by atoms with Gasteiger partial charge < -0.3 is 15.0 Å². The normalized spacial score (nSPS) is 10.8. The fraction of sp³-hybridized carbons (Fsp3) is 0.130. The van der Waals surface area contributed by atoms with Crippen molar-refractivity contribution in [1.29, 1.82) is 0 Å². The molecule has 2 N–H and O–H groups in total. The van der Waals surface area contributed by atoms with Crippen LogP contribution in [0, 0.1) is 6.92 Å². The van der Waals surface area contributed by atoms with Gasteiger partial charge in [0.15, 0.2) is 0 Å². The zero-order valence-electron chi connectivity index (χ0n) is 15.8. The van der Waals surface area contributed by atoms with E-state index in [1.807, 2.05) is 55.5 Å². The van der Waals surface area contributed by atoms with E-state index >= 15 is 0 Å². The van der Waals surface area contributed by atoms with Crippen molar-refractivity contribution in [3.63, 3.8) is 0 Å². The van der Waals surface area contributed by atoms with Gasteiger partial charge in [0.1, 0.15) is 11.6 Å². The third-order valence-corrected chi connectivity index (χ3v) is 4.48. The Morgan fingerprint density at radius 2 is 1.79 bits per heavy atom. The lowest BCUT2D eigenvalue weighted by atomic mass is 10.1. The number of hydrogen-bond acceptors (Lipinski definition) is 3. The van der Waals surface area contributed by atoms with Gasteiger partial charge in [-0.15, -0.1) is 0 Å². The van der Waals surface area contributed by atoms with E-state index in [1.54, 1.807) is 12.1 Å². The highest BCUT2D eigenvalue weighted by atomic mass is 16.5. The minimum absolute atomic E-state index is 0.157. The first kappa shape index (κ1) is 17.8. The summed E-state index contributed by atoms with van der Waals surface area (Å²) in [6, 6.07) is 20.9. The van der Waals surface area contributed by atoms with Crippen LogP contribution in [0.3, 0.4) is 0 Å². The van der Waals surface area contributed by atoms with Crippen molar-refractivity contribution in [3.05, 3.63) is 77.9 Å². The Bertz CT molecular complexity index is 1110. The molecule has 0 saturated heterocycles. The summed E-state index contributed by atoms with van der Waals surface area (Å²) < 4.78 is 5.41. The highest BCUT2D eigenvalue weighted by molar-refractivity contribution is 6.04. The Morgan fingerprint density at radius 1 is 1.04 bits per heavy atom. The molecular formula is C23H21N3O2. The van der Waals surface area contributed by atoms with E-state index in [4.69, 9.17) is 4.74 Å². The van der Waals surface area contributed by atoms with Crippen LogP contribution in [-0.2, 0) is 0 Å². The molecule has 0 fully saturated rings. The lowest BCUT2D eigenvalue weighted by molar-refractivity contribution is 0.102. The predicted octanol–water partition coefficient (Wildman–Crippen LogP) is 5.19. The number of anilines is 1. The van der Waals surface area contributed by atoms with Gasteiger partial charge in [-0.05, 0) is 67.9 Å². The molecule has 1 heterocycles. The predicted molar refractivity (Wildman–Crippen MR) is 112 cm³/mol. The molecule has 4 aromatic rings. The average Bonchev–Trinajstić information content (AvgIpc) is 3.13. The number of ether oxygens (including phenoxy) is 1. The minimum atomic E-state index is -0.157. The lowest BCUT2D eigenvalue weighted by Gasteiger charge is -2.07. The van der Waals surface area contributed by atoms with Crippen LogP contribution >= 0.6 is 0 Å². The van der Waals surface area contributed by atoms with Gasteiger partial charge in [-0.2, -0.15) is 0 Å². The molecule has 1 aromatic heterocycles. The molecule has 5 nitrogen and oxygen atoms in total. The SMILES string of the molecule is CCOc1ccc(NC(=O)c2ccc(-c3nc4ccc(C)cc4[nH]3)cc2)cc1. The van der Waals surface area contributed by atoms with Crippen LogP contribution in [0.25, 0.3) is 22.4 Å². The number of rotatable bonds is 5. The number of nitrogens with one attached hydrogen (secondary N) is 2. The van der Waals surface area contributed by atoms with Crippen LogP contribution in [0.5, 0.6) is 5.75 Å². The molecule has 0 aliphatic carbocycles. The molecule has 28 heavy (non-hydrogen) atoms. The van der Waals surface area contributed by atoms with Crippen molar-refractivity contribution in [2.24, 2.45) is 0 Å². The van der Waals surface area contributed by atoms with Gasteiger partial charge in [-0.25, -0.2) is 4.98 Å². The number of nitrogens with zero attached hydrogens (tertiary/aromatic N) is 1. The van der Waals surface area contributed by atoms with Crippen LogP contribution in [0.4, 0.5) is 5.69 Å². The lowest BCUT2D eigenvalue weighted by Crippen LogP contribution is -2.11. The maximum absolute atomic E-state index is 12.5. The Morgan fingerprint density at radius 3 is 2.50 bits per heavy atom. The van der Waals surface area contributed by atoms with E-state index in [9.17, 15) is 4.79 Å². The molecular weight excluding hydrogens is 350 g/mol. The fourth-order valence-corrected chi connectivity index (χ4v) is 3.04. The Labute approximate surface area is 163 Å². The summed E-state index contributed by atoms with van der Waals surface area (Å²) in [4.78, 5) is 20.4. The van der Waals surface area contributed by atoms with E-state index in [0.29, 0.717) is 12.2 Å². The number of carbonyl (C=O) groups excluding carboxylic acids is 1. The summed E-state index contributed by atoms with van der Waals surface area (Å²) in [5.41, 5.74) is 5.37. The molecule has 4 rings (SSSR count). The summed E-state index contributed by atoms with van der Waals surface area (Å²) in [7, 11) is 0. The third kappa shape index (κ3) is 3.74. The van der Waals surface area contributed by atoms with Crippen LogP contribution in [0.15, 0.2) is 66.7 Å². The second kappa shape index (κ2) is 7.56. The number of benzene rings is 3. The largest absolute Gasteiger partial charge is 0.494 e. The number of carbonyl (C=O) groups is 1. The van der Waals surface area contributed by atoms with E-state index < -0.39 is 0 Å². The molecule has 0 unspecified atom stereocenters. The number of amides is 1. The van der Waals surface area contributed by atoms with Crippen molar-refractivity contribution in [1.82, 2.24) is 9.97 Å². The molecule has 0 saturated carbocycles. The van der Waals surface area contributed by atoms with Crippen molar-refractivity contribution in [3.8, 4) is 17.1 Å². The molecule has 1 amide bonds. The van der Waals surface area contributed by atoms with Crippen LogP contribution < -0.4 is 10.1 Å². The van der Waals surface area contributed by atoms with Crippen molar-refractivity contribution >= 4 is 22.6 Å². The molecule has 3 aromatic carbocycles. The number of H-pyrrole nitrogens is 1. The van der Waals surface area contributed by atoms with Crippen LogP contribution in [0.2, 0.25) is 0 Å². The van der Waals surface area contributed by atoms with Gasteiger partial charge in [0.05, 0.1) is 17.6 Å². The zero-order valence-corrected chi connectivity index (χ0v) is 15.8. The van der Waals surface area contributed by atoms with Gasteiger partial charge in [0.25, 0.3) is 5.91 Å². The number of aromatic amines is 1. The number of imidazole rings is 1. The second-order valence-corrected chi connectivity index (χ2v) is 6.59. The minimum Gasteiger partial charge on any atom is -0.494 e. The number of aromatic nitrogens is 2. The summed E-state index contributed by atoms with van der Waals surface area (Å²) in [6.45, 7) is 4.60. The van der Waals surface area contributed by atoms with Crippen molar-refractivity contribution < 1.29 is 9.53 Å². The van der Waals surface area contributed by atoms with Crippen LogP contribution in [-0.4, -0.2) is 22.5 Å². The maximum atomic E-state index is 12.5. The molecule has 0 radical (unpaired) electrons. The van der Waals surface area contributed by atoms with Gasteiger partial charge in [-0.3, -0.25) is 4.79 Å². The molecule has 5 heteroatoms. The Balaban J connectivity index is 1.49. The Hall–Kier alpha value is -3.60. The smallest absolute Gasteiger partial charge is 0.255 e. The number of aryl methyl sites for hydroxylation is 1. The molecule has 0 spiro atoms. The number of fused-ring (bicyclic) bond motifs is 1. The van der Waals surface area contributed by atoms with E-state index in [0.717, 1.165) is 33.9 Å². The second-order valence-electron chi connectivity index (χ2n) is 6.59. The number of hydrogen-bond donors (Lipinski definition) is 2. The zero-order chi connectivity index (χ0) is 19.5. The van der Waals surface area contributed by atoms with Gasteiger partial charge in [-0.1, -0.05) is 18.2 Å². The quantitative estimate of drug-likeness (QED) is 0.507. The summed E-state index contributed by atoms with van der Waals surface area (Å²) in [5.74, 6) is 1.42. The third-order valence-electron chi connectivity index (χ3n) is 4.48. The van der Waals surface area contributed by atoms with Crippen molar-refractivity contribution in [2.45, 2.75) is 13.8 Å². The van der Waals surface area contributed by atoms with Crippen molar-refractivity contribution in [2.75, 3.05) is 11.9 Å². The first-order valence-corrected chi connectivity index (χ1v) is 9.23. The summed E-state index contributed by atoms with van der Waals surface area (Å²) in [5, 5.41) is 2.90. The molecule has 0 bridgehead atoms.